The van der Waals surface area contributed by atoms with Crippen LogP contribution in [0.15, 0.2) is 23.3 Å². The molecule has 7 atom stereocenters. The molecule has 3 aliphatic carbocycles. The second-order valence-electron chi connectivity index (χ2n) is 9.24. The largest absolute Gasteiger partial charge is 0.396 e. The van der Waals surface area contributed by atoms with E-state index in [1.165, 1.54) is 0 Å². The van der Waals surface area contributed by atoms with Gasteiger partial charge in [0, 0.05) is 5.92 Å². The fraction of sp³-hybridized carbons (Fsp3) is 0.762. The van der Waals surface area contributed by atoms with Crippen LogP contribution in [0.25, 0.3) is 0 Å². The summed E-state index contributed by atoms with van der Waals surface area (Å²) < 4.78 is 0. The Morgan fingerprint density at radius 3 is 2.46 bits per heavy atom. The van der Waals surface area contributed by atoms with Gasteiger partial charge in [0.05, 0.1) is 30.8 Å². The molecule has 3 rings (SSSR count). The van der Waals surface area contributed by atoms with E-state index in [0.717, 1.165) is 12.0 Å². The summed E-state index contributed by atoms with van der Waals surface area (Å²) in [5.41, 5.74) is 0.808. The summed E-state index contributed by atoms with van der Waals surface area (Å²) in [5.74, 6) is -0.0506. The van der Waals surface area contributed by atoms with Crippen molar-refractivity contribution < 1.29 is 25.2 Å². The molecule has 5 heteroatoms. The standard InChI is InChI=1S/C21H32O5/c1-11-7-21(8-16(11)24)12(2)5-15-18(20(15,3)4)14(19(21)26)6-13(9-22)17(25)10-23/h6-7,12-13,15-18,22-25H,5,8-10H2,1-4H3/b14-6-. The van der Waals surface area contributed by atoms with Gasteiger partial charge in [0.25, 0.3) is 0 Å². The third-order valence-corrected chi connectivity index (χ3v) is 7.39. The number of aliphatic hydroxyl groups excluding tert-OH is 4. The molecule has 0 amide bonds. The monoisotopic (exact) mass is 364 g/mol. The Morgan fingerprint density at radius 2 is 1.96 bits per heavy atom. The van der Waals surface area contributed by atoms with Gasteiger partial charge in [-0.15, -0.1) is 0 Å². The average molecular weight is 364 g/mol. The summed E-state index contributed by atoms with van der Waals surface area (Å²) in [4.78, 5) is 13.7. The number of carbonyl (C=O) groups is 1. The fourth-order valence-electron chi connectivity index (χ4n) is 5.40. The molecule has 3 aliphatic rings. The maximum absolute atomic E-state index is 13.7. The van der Waals surface area contributed by atoms with E-state index in [-0.39, 0.29) is 29.6 Å². The Bertz CT molecular complexity index is 649. The highest BCUT2D eigenvalue weighted by Crippen LogP contribution is 2.69. The molecule has 4 N–H and O–H groups in total. The van der Waals surface area contributed by atoms with Crippen molar-refractivity contribution in [2.45, 2.75) is 52.7 Å². The number of carbonyl (C=O) groups excluding carboxylic acids is 1. The van der Waals surface area contributed by atoms with Crippen LogP contribution in [0, 0.1) is 34.5 Å². The fourth-order valence-corrected chi connectivity index (χ4v) is 5.40. The molecular weight excluding hydrogens is 332 g/mol. The zero-order valence-corrected chi connectivity index (χ0v) is 16.1. The van der Waals surface area contributed by atoms with E-state index < -0.39 is 30.1 Å². The van der Waals surface area contributed by atoms with Crippen LogP contribution in [0.3, 0.4) is 0 Å². The molecule has 7 unspecified atom stereocenters. The lowest BCUT2D eigenvalue weighted by molar-refractivity contribution is -0.125. The molecular formula is C21H32O5. The van der Waals surface area contributed by atoms with Crippen molar-refractivity contribution in [1.29, 1.82) is 0 Å². The molecule has 5 nitrogen and oxygen atoms in total. The molecule has 0 aromatic heterocycles. The number of rotatable bonds is 4. The number of hydrogen-bond acceptors (Lipinski definition) is 5. The van der Waals surface area contributed by atoms with Gasteiger partial charge in [-0.3, -0.25) is 4.79 Å². The van der Waals surface area contributed by atoms with E-state index >= 15 is 0 Å². The summed E-state index contributed by atoms with van der Waals surface area (Å²) >= 11 is 0. The van der Waals surface area contributed by atoms with Crippen molar-refractivity contribution >= 4 is 5.78 Å². The van der Waals surface area contributed by atoms with Crippen LogP contribution in [-0.4, -0.2) is 51.6 Å². The van der Waals surface area contributed by atoms with Crippen molar-refractivity contribution in [3.8, 4) is 0 Å². The highest BCUT2D eigenvalue weighted by atomic mass is 16.3. The minimum atomic E-state index is -1.09. The van der Waals surface area contributed by atoms with Gasteiger partial charge in [-0.05, 0) is 54.1 Å². The van der Waals surface area contributed by atoms with Crippen molar-refractivity contribution in [3.63, 3.8) is 0 Å². The molecule has 0 saturated heterocycles. The molecule has 1 spiro atoms. The number of ketones is 1. The highest BCUT2D eigenvalue weighted by molar-refractivity contribution is 6.03. The SMILES string of the molecule is CC1=CC2(CC1O)C(=O)/C(=C\C(CO)C(O)CO)C1C(CC2C)C1(C)C. The van der Waals surface area contributed by atoms with Gasteiger partial charge < -0.3 is 20.4 Å². The van der Waals surface area contributed by atoms with Gasteiger partial charge in [-0.25, -0.2) is 0 Å². The normalized spacial score (nSPS) is 42.4. The van der Waals surface area contributed by atoms with Crippen LogP contribution < -0.4 is 0 Å². The number of Topliss-reactive ketones (excluding diaryl/α,β-unsaturated/α-hetero) is 1. The van der Waals surface area contributed by atoms with Crippen LogP contribution in [0.1, 0.15) is 40.5 Å². The van der Waals surface area contributed by atoms with E-state index in [0.29, 0.717) is 17.9 Å². The molecule has 0 bridgehead atoms. The van der Waals surface area contributed by atoms with Gasteiger partial charge in [-0.1, -0.05) is 32.9 Å². The van der Waals surface area contributed by atoms with E-state index in [2.05, 4.69) is 20.8 Å². The molecule has 26 heavy (non-hydrogen) atoms. The molecule has 0 aromatic rings. The van der Waals surface area contributed by atoms with E-state index in [9.17, 15) is 25.2 Å². The second kappa shape index (κ2) is 6.55. The molecule has 146 valence electrons. The number of allylic oxidation sites excluding steroid dienone is 2. The van der Waals surface area contributed by atoms with E-state index in [4.69, 9.17) is 0 Å². The third-order valence-electron chi connectivity index (χ3n) is 7.39. The third kappa shape index (κ3) is 2.80. The van der Waals surface area contributed by atoms with Gasteiger partial charge in [0.2, 0.25) is 0 Å². The van der Waals surface area contributed by atoms with Crippen LogP contribution in [-0.2, 0) is 4.79 Å². The van der Waals surface area contributed by atoms with Crippen molar-refractivity contribution in [3.05, 3.63) is 23.3 Å². The quantitative estimate of drug-likeness (QED) is 0.447. The van der Waals surface area contributed by atoms with Crippen LogP contribution in [0.5, 0.6) is 0 Å². The summed E-state index contributed by atoms with van der Waals surface area (Å²) in [7, 11) is 0. The molecule has 0 aliphatic heterocycles. The first kappa shape index (κ1) is 19.7. The minimum Gasteiger partial charge on any atom is -0.396 e. The Morgan fingerprint density at radius 1 is 1.31 bits per heavy atom. The zero-order valence-electron chi connectivity index (χ0n) is 16.1. The average Bonchev–Trinajstić information content (AvgIpc) is 2.99. The van der Waals surface area contributed by atoms with Crippen LogP contribution >= 0.6 is 0 Å². The van der Waals surface area contributed by atoms with Crippen molar-refractivity contribution in [1.82, 2.24) is 0 Å². The van der Waals surface area contributed by atoms with Gasteiger partial charge in [-0.2, -0.15) is 0 Å². The maximum Gasteiger partial charge on any atom is 0.169 e. The Kier molecular flexibility index (Phi) is 4.98. The number of fused-ring (bicyclic) bond motifs is 1. The number of aliphatic hydroxyl groups is 4. The van der Waals surface area contributed by atoms with Crippen LogP contribution in [0.4, 0.5) is 0 Å². The van der Waals surface area contributed by atoms with Crippen molar-refractivity contribution in [2.75, 3.05) is 13.2 Å². The smallest absolute Gasteiger partial charge is 0.169 e. The first-order chi connectivity index (χ1) is 12.1. The lowest BCUT2D eigenvalue weighted by Crippen LogP contribution is -2.37. The van der Waals surface area contributed by atoms with Crippen LogP contribution in [0.2, 0.25) is 0 Å². The molecule has 0 radical (unpaired) electrons. The molecule has 2 fully saturated rings. The highest BCUT2D eigenvalue weighted by Gasteiger charge is 2.65. The zero-order chi connectivity index (χ0) is 19.4. The molecule has 2 saturated carbocycles. The summed E-state index contributed by atoms with van der Waals surface area (Å²) in [5, 5.41) is 39.2. The summed E-state index contributed by atoms with van der Waals surface area (Å²) in [6.45, 7) is 7.51. The Labute approximate surface area is 155 Å². The Balaban J connectivity index is 2.07. The summed E-state index contributed by atoms with van der Waals surface area (Å²) in [6.07, 6.45) is 3.28. The predicted octanol–water partition coefficient (Wildman–Crippen LogP) is 1.45. The van der Waals surface area contributed by atoms with Gasteiger partial charge >= 0.3 is 0 Å². The lowest BCUT2D eigenvalue weighted by Gasteiger charge is -2.34. The molecule has 0 aromatic carbocycles. The maximum atomic E-state index is 13.7. The second-order valence-corrected chi connectivity index (χ2v) is 9.24. The Hall–Kier alpha value is -1.01. The van der Waals surface area contributed by atoms with E-state index in [1.807, 2.05) is 13.0 Å². The lowest BCUT2D eigenvalue weighted by atomic mass is 9.68. The van der Waals surface area contributed by atoms with Gasteiger partial charge in [0.1, 0.15) is 0 Å². The first-order valence-corrected chi connectivity index (χ1v) is 9.63. The summed E-state index contributed by atoms with van der Waals surface area (Å²) in [6, 6.07) is 0. The predicted molar refractivity (Wildman–Crippen MR) is 98.1 cm³/mol. The topological polar surface area (TPSA) is 98.0 Å². The first-order valence-electron chi connectivity index (χ1n) is 9.63. The number of hydrogen-bond donors (Lipinski definition) is 4. The molecule has 0 heterocycles. The van der Waals surface area contributed by atoms with Gasteiger partial charge in [0.15, 0.2) is 5.78 Å². The minimum absolute atomic E-state index is 0.0114. The van der Waals surface area contributed by atoms with E-state index in [1.54, 1.807) is 6.08 Å². The van der Waals surface area contributed by atoms with Crippen molar-refractivity contribution in [2.24, 2.45) is 34.5 Å².